The zero-order valence-electron chi connectivity index (χ0n) is 12.6. The van der Waals surface area contributed by atoms with Crippen molar-refractivity contribution in [3.63, 3.8) is 0 Å². The number of hydrogen-bond donors (Lipinski definition) is 1. The second-order valence-electron chi connectivity index (χ2n) is 5.27. The van der Waals surface area contributed by atoms with Crippen molar-refractivity contribution in [2.24, 2.45) is 0 Å². The Morgan fingerprint density at radius 3 is 2.62 bits per heavy atom. The lowest BCUT2D eigenvalue weighted by atomic mass is 10.2. The molecule has 0 saturated heterocycles. The molecule has 0 spiro atoms. The van der Waals surface area contributed by atoms with Crippen LogP contribution >= 0.6 is 0 Å². The number of hydrogen-bond acceptors (Lipinski definition) is 5. The summed E-state index contributed by atoms with van der Waals surface area (Å²) < 4.78 is 1.94. The van der Waals surface area contributed by atoms with Gasteiger partial charge in [0.25, 0.3) is 5.69 Å². The Kier molecular flexibility index (Phi) is 4.21. The van der Waals surface area contributed by atoms with Crippen LogP contribution in [-0.4, -0.2) is 25.7 Å². The molecular formula is C14H19N5O2. The van der Waals surface area contributed by atoms with E-state index in [2.05, 4.69) is 15.4 Å². The Hall–Kier alpha value is -2.44. The van der Waals surface area contributed by atoms with Gasteiger partial charge in [-0.05, 0) is 39.3 Å². The highest BCUT2D eigenvalue weighted by molar-refractivity contribution is 5.48. The quantitative estimate of drug-likeness (QED) is 0.675. The van der Waals surface area contributed by atoms with Gasteiger partial charge in [-0.1, -0.05) is 0 Å². The fraction of sp³-hybridized carbons (Fsp3) is 0.429. The smallest absolute Gasteiger partial charge is 0.287 e. The molecule has 112 valence electrons. The van der Waals surface area contributed by atoms with Crippen LogP contribution in [0.5, 0.6) is 0 Å². The van der Waals surface area contributed by atoms with Gasteiger partial charge in [0, 0.05) is 17.8 Å². The molecule has 0 fully saturated rings. The minimum Gasteiger partial charge on any atom is -0.366 e. The zero-order chi connectivity index (χ0) is 15.6. The molecule has 2 rings (SSSR count). The first-order chi connectivity index (χ1) is 9.86. The first kappa shape index (κ1) is 15.0. The average molecular weight is 289 g/mol. The first-order valence-electron chi connectivity index (χ1n) is 6.75. The van der Waals surface area contributed by atoms with Crippen molar-refractivity contribution in [1.82, 2.24) is 14.8 Å². The lowest BCUT2D eigenvalue weighted by Gasteiger charge is -2.16. The Labute approximate surface area is 123 Å². The number of nitrogens with zero attached hydrogens (tertiary/aromatic N) is 4. The highest BCUT2D eigenvalue weighted by Gasteiger charge is 2.12. The van der Waals surface area contributed by atoms with E-state index in [1.165, 1.54) is 12.3 Å². The zero-order valence-corrected chi connectivity index (χ0v) is 12.6. The van der Waals surface area contributed by atoms with Gasteiger partial charge in [-0.25, -0.2) is 4.98 Å². The molecule has 0 aromatic carbocycles. The summed E-state index contributed by atoms with van der Waals surface area (Å²) in [4.78, 5) is 14.4. The van der Waals surface area contributed by atoms with Crippen LogP contribution in [0.1, 0.15) is 23.9 Å². The first-order valence-corrected chi connectivity index (χ1v) is 6.75. The van der Waals surface area contributed by atoms with Gasteiger partial charge < -0.3 is 5.32 Å². The van der Waals surface area contributed by atoms with Crippen LogP contribution in [0.4, 0.5) is 11.5 Å². The van der Waals surface area contributed by atoms with Crippen molar-refractivity contribution < 1.29 is 4.92 Å². The van der Waals surface area contributed by atoms with E-state index in [0.29, 0.717) is 12.4 Å². The van der Waals surface area contributed by atoms with Gasteiger partial charge in [0.15, 0.2) is 0 Å². The van der Waals surface area contributed by atoms with Crippen LogP contribution in [0, 0.1) is 30.9 Å². The highest BCUT2D eigenvalue weighted by atomic mass is 16.6. The maximum atomic E-state index is 10.7. The lowest BCUT2D eigenvalue weighted by molar-refractivity contribution is -0.385. The summed E-state index contributed by atoms with van der Waals surface area (Å²) in [5.41, 5.74) is 2.85. The van der Waals surface area contributed by atoms with Crippen molar-refractivity contribution in [2.75, 3.05) is 5.32 Å². The van der Waals surface area contributed by atoms with Crippen molar-refractivity contribution in [1.29, 1.82) is 0 Å². The number of rotatable bonds is 5. The molecule has 0 amide bonds. The molecule has 0 unspecified atom stereocenters. The summed E-state index contributed by atoms with van der Waals surface area (Å²) in [5.74, 6) is 0.662. The number of anilines is 1. The minimum atomic E-state index is -0.441. The Balaban J connectivity index is 2.07. The van der Waals surface area contributed by atoms with Gasteiger partial charge in [-0.2, -0.15) is 5.10 Å². The fourth-order valence-corrected chi connectivity index (χ4v) is 2.21. The van der Waals surface area contributed by atoms with Crippen LogP contribution in [0.3, 0.4) is 0 Å². The van der Waals surface area contributed by atoms with Crippen molar-refractivity contribution in [2.45, 2.75) is 40.3 Å². The number of nitro groups is 1. The molecule has 2 aromatic heterocycles. The predicted molar refractivity (Wildman–Crippen MR) is 80.4 cm³/mol. The third-order valence-electron chi connectivity index (χ3n) is 3.21. The number of pyridine rings is 1. The van der Waals surface area contributed by atoms with Gasteiger partial charge in [-0.3, -0.25) is 14.8 Å². The lowest BCUT2D eigenvalue weighted by Crippen LogP contribution is -2.24. The second kappa shape index (κ2) is 5.90. The third-order valence-corrected chi connectivity index (χ3v) is 3.21. The molecule has 2 aromatic rings. The molecule has 0 aliphatic heterocycles. The van der Waals surface area contributed by atoms with Crippen LogP contribution in [0.2, 0.25) is 0 Å². The van der Waals surface area contributed by atoms with Crippen LogP contribution in [-0.2, 0) is 6.54 Å². The maximum Gasteiger partial charge on any atom is 0.287 e. The molecular weight excluding hydrogens is 270 g/mol. The van der Waals surface area contributed by atoms with Gasteiger partial charge >= 0.3 is 0 Å². The summed E-state index contributed by atoms with van der Waals surface area (Å²) in [7, 11) is 0. The standard InChI is InChI=1S/C14H19N5O2/c1-9-5-13(19(20)21)7-15-14(9)16-11(3)8-18-12(4)6-10(2)17-18/h5-7,11H,8H2,1-4H3,(H,15,16)/t11-/m1/s1. The Morgan fingerprint density at radius 2 is 2.10 bits per heavy atom. The van der Waals surface area contributed by atoms with Gasteiger partial charge in [0.05, 0.1) is 17.2 Å². The summed E-state index contributed by atoms with van der Waals surface area (Å²) in [6, 6.07) is 3.66. The monoisotopic (exact) mass is 289 g/mol. The van der Waals surface area contributed by atoms with Crippen LogP contribution < -0.4 is 5.32 Å². The number of aryl methyl sites for hydroxylation is 3. The predicted octanol–water partition coefficient (Wildman–Crippen LogP) is 2.61. The topological polar surface area (TPSA) is 85.9 Å². The molecule has 2 heterocycles. The van der Waals surface area contributed by atoms with E-state index in [4.69, 9.17) is 0 Å². The molecule has 1 N–H and O–H groups in total. The molecule has 0 aliphatic carbocycles. The highest BCUT2D eigenvalue weighted by Crippen LogP contribution is 2.18. The fourth-order valence-electron chi connectivity index (χ4n) is 2.21. The van der Waals surface area contributed by atoms with Gasteiger partial charge in [0.2, 0.25) is 0 Å². The molecule has 21 heavy (non-hydrogen) atoms. The normalized spacial score (nSPS) is 12.2. The molecule has 7 heteroatoms. The Morgan fingerprint density at radius 1 is 1.38 bits per heavy atom. The molecule has 1 atom stereocenters. The summed E-state index contributed by atoms with van der Waals surface area (Å²) in [6.45, 7) is 8.51. The largest absolute Gasteiger partial charge is 0.366 e. The van der Waals surface area contributed by atoms with Crippen LogP contribution in [0.25, 0.3) is 0 Å². The van der Waals surface area contributed by atoms with Crippen LogP contribution in [0.15, 0.2) is 18.3 Å². The van der Waals surface area contributed by atoms with Gasteiger partial charge in [0.1, 0.15) is 12.0 Å². The summed E-state index contributed by atoms with van der Waals surface area (Å²) in [6.07, 6.45) is 1.27. The van der Waals surface area contributed by atoms with E-state index in [-0.39, 0.29) is 11.7 Å². The SMILES string of the molecule is Cc1cc(C)n(C[C@@H](C)Nc2ncc([N+](=O)[O-])cc2C)n1. The number of aromatic nitrogens is 3. The van der Waals surface area contributed by atoms with Crippen molar-refractivity contribution in [3.8, 4) is 0 Å². The average Bonchev–Trinajstić information content (AvgIpc) is 2.70. The summed E-state index contributed by atoms with van der Waals surface area (Å²) in [5, 5.41) is 18.4. The van der Waals surface area contributed by atoms with E-state index < -0.39 is 4.92 Å². The molecule has 0 radical (unpaired) electrons. The van der Waals surface area contributed by atoms with Crippen molar-refractivity contribution in [3.05, 3.63) is 45.4 Å². The Bertz CT molecular complexity index is 665. The number of nitrogens with one attached hydrogen (secondary N) is 1. The molecule has 0 saturated carbocycles. The minimum absolute atomic E-state index is 0.00393. The van der Waals surface area contributed by atoms with E-state index >= 15 is 0 Å². The molecule has 0 bridgehead atoms. The van der Waals surface area contributed by atoms with E-state index in [1.54, 1.807) is 6.92 Å². The van der Waals surface area contributed by atoms with Gasteiger partial charge in [-0.15, -0.1) is 0 Å². The van der Waals surface area contributed by atoms with E-state index in [0.717, 1.165) is 17.0 Å². The second-order valence-corrected chi connectivity index (χ2v) is 5.27. The third kappa shape index (κ3) is 3.56. The molecule has 0 aliphatic rings. The molecule has 7 nitrogen and oxygen atoms in total. The summed E-state index contributed by atoms with van der Waals surface area (Å²) >= 11 is 0. The van der Waals surface area contributed by atoms with E-state index in [9.17, 15) is 10.1 Å². The maximum absolute atomic E-state index is 10.7. The van der Waals surface area contributed by atoms with E-state index in [1.807, 2.05) is 31.5 Å². The van der Waals surface area contributed by atoms with Crippen molar-refractivity contribution >= 4 is 11.5 Å².